The summed E-state index contributed by atoms with van der Waals surface area (Å²) in [5.41, 5.74) is 1.33. The highest BCUT2D eigenvalue weighted by Crippen LogP contribution is 2.22. The van der Waals surface area contributed by atoms with Crippen LogP contribution in [0, 0.1) is 6.92 Å². The van der Waals surface area contributed by atoms with Crippen molar-refractivity contribution in [1.29, 1.82) is 0 Å². The van der Waals surface area contributed by atoms with Gasteiger partial charge in [0.25, 0.3) is 5.91 Å². The lowest BCUT2D eigenvalue weighted by Gasteiger charge is -2.32. The fourth-order valence-electron chi connectivity index (χ4n) is 2.43. The smallest absolute Gasteiger partial charge is 0.257 e. The van der Waals surface area contributed by atoms with E-state index in [-0.39, 0.29) is 17.8 Å². The third-order valence-corrected chi connectivity index (χ3v) is 3.87. The topological polar surface area (TPSA) is 49.8 Å². The molecule has 1 heterocycles. The summed E-state index contributed by atoms with van der Waals surface area (Å²) in [5.74, 6) is -0.0332. The molecule has 1 aliphatic rings. The minimum atomic E-state index is -0.0959. The van der Waals surface area contributed by atoms with Crippen molar-refractivity contribution in [1.82, 2.24) is 4.90 Å². The van der Waals surface area contributed by atoms with Crippen LogP contribution in [0.25, 0.3) is 0 Å². The minimum Gasteiger partial charge on any atom is -0.507 e. The number of hydrogen-bond donors (Lipinski definition) is 1. The molecular formula is C15H20BrNO3. The largest absolute Gasteiger partial charge is 0.507 e. The number of alkyl halides is 1. The fraction of sp³-hybridized carbons (Fsp3) is 0.533. The van der Waals surface area contributed by atoms with Crippen LogP contribution in [0.3, 0.4) is 0 Å². The van der Waals surface area contributed by atoms with Crippen LogP contribution in [0.2, 0.25) is 0 Å². The maximum absolute atomic E-state index is 12.4. The van der Waals surface area contributed by atoms with Gasteiger partial charge in [0.15, 0.2) is 0 Å². The van der Waals surface area contributed by atoms with Crippen LogP contribution >= 0.6 is 15.9 Å². The van der Waals surface area contributed by atoms with E-state index < -0.39 is 0 Å². The Bertz CT molecular complexity index is 470. The van der Waals surface area contributed by atoms with Crippen LogP contribution in [0.4, 0.5) is 0 Å². The SMILES string of the molecule is Cc1ccc(C(=O)N2CCC(OCCBr)CC2)c(O)c1. The molecule has 1 aliphatic heterocycles. The number of carbonyl (C=O) groups is 1. The molecule has 0 unspecified atom stereocenters. The lowest BCUT2D eigenvalue weighted by Crippen LogP contribution is -2.41. The van der Waals surface area contributed by atoms with Gasteiger partial charge >= 0.3 is 0 Å². The molecule has 0 aromatic heterocycles. The first-order valence-electron chi connectivity index (χ1n) is 6.88. The van der Waals surface area contributed by atoms with E-state index in [1.807, 2.05) is 13.0 Å². The van der Waals surface area contributed by atoms with Gasteiger partial charge in [-0.15, -0.1) is 0 Å². The second-order valence-corrected chi connectivity index (χ2v) is 5.86. The van der Waals surface area contributed by atoms with Crippen molar-refractivity contribution >= 4 is 21.8 Å². The van der Waals surface area contributed by atoms with Gasteiger partial charge in [-0.05, 0) is 37.5 Å². The average Bonchev–Trinajstić information content (AvgIpc) is 2.45. The number of aryl methyl sites for hydroxylation is 1. The molecule has 1 aromatic carbocycles. The molecular weight excluding hydrogens is 322 g/mol. The number of carbonyl (C=O) groups excluding carboxylic acids is 1. The first kappa shape index (κ1) is 15.3. The van der Waals surface area contributed by atoms with E-state index in [1.165, 1.54) is 0 Å². The van der Waals surface area contributed by atoms with Gasteiger partial charge < -0.3 is 14.7 Å². The van der Waals surface area contributed by atoms with E-state index in [9.17, 15) is 9.90 Å². The number of phenols is 1. The lowest BCUT2D eigenvalue weighted by molar-refractivity contribution is 0.0159. The van der Waals surface area contributed by atoms with Crippen molar-refractivity contribution in [2.75, 3.05) is 25.0 Å². The van der Waals surface area contributed by atoms with E-state index in [0.717, 1.165) is 23.7 Å². The third-order valence-electron chi connectivity index (χ3n) is 3.54. The Morgan fingerprint density at radius 3 is 2.75 bits per heavy atom. The molecule has 1 N–H and O–H groups in total. The zero-order valence-electron chi connectivity index (χ0n) is 11.6. The monoisotopic (exact) mass is 341 g/mol. The number of halogens is 1. The van der Waals surface area contributed by atoms with Crippen LogP contribution in [0.1, 0.15) is 28.8 Å². The van der Waals surface area contributed by atoms with Crippen LogP contribution < -0.4 is 0 Å². The number of benzene rings is 1. The summed E-state index contributed by atoms with van der Waals surface area (Å²) in [6, 6.07) is 5.17. The number of aromatic hydroxyl groups is 1. The molecule has 0 spiro atoms. The molecule has 0 radical (unpaired) electrons. The molecule has 1 amide bonds. The summed E-state index contributed by atoms with van der Waals surface area (Å²) in [7, 11) is 0. The summed E-state index contributed by atoms with van der Waals surface area (Å²) >= 11 is 3.34. The number of piperidine rings is 1. The van der Waals surface area contributed by atoms with Crippen molar-refractivity contribution in [3.63, 3.8) is 0 Å². The Hall–Kier alpha value is -1.07. The number of ether oxygens (including phenoxy) is 1. The van der Waals surface area contributed by atoms with E-state index >= 15 is 0 Å². The number of likely N-dealkylation sites (tertiary alicyclic amines) is 1. The predicted molar refractivity (Wildman–Crippen MR) is 81.5 cm³/mol. The van der Waals surface area contributed by atoms with Crippen LogP contribution in [0.5, 0.6) is 5.75 Å². The number of rotatable bonds is 4. The number of hydrogen-bond acceptors (Lipinski definition) is 3. The molecule has 0 saturated carbocycles. The highest BCUT2D eigenvalue weighted by atomic mass is 79.9. The van der Waals surface area contributed by atoms with E-state index in [4.69, 9.17) is 4.74 Å². The predicted octanol–water partition coefficient (Wildman–Crippen LogP) is 2.72. The first-order valence-corrected chi connectivity index (χ1v) is 8.00. The van der Waals surface area contributed by atoms with Crippen molar-refractivity contribution in [3.8, 4) is 5.75 Å². The molecule has 0 bridgehead atoms. The summed E-state index contributed by atoms with van der Waals surface area (Å²) < 4.78 is 5.67. The van der Waals surface area contributed by atoms with E-state index in [2.05, 4.69) is 15.9 Å². The summed E-state index contributed by atoms with van der Waals surface area (Å²) in [6.45, 7) is 3.95. The number of phenolic OH excluding ortho intramolecular Hbond substituents is 1. The van der Waals surface area contributed by atoms with Crippen molar-refractivity contribution < 1.29 is 14.6 Å². The summed E-state index contributed by atoms with van der Waals surface area (Å²) in [4.78, 5) is 14.2. The second kappa shape index (κ2) is 7.09. The van der Waals surface area contributed by atoms with Gasteiger partial charge in [-0.2, -0.15) is 0 Å². The molecule has 20 heavy (non-hydrogen) atoms. The van der Waals surface area contributed by atoms with Gasteiger partial charge in [-0.25, -0.2) is 0 Å². The molecule has 4 nitrogen and oxygen atoms in total. The molecule has 0 atom stereocenters. The van der Waals surface area contributed by atoms with Gasteiger partial charge in [0.1, 0.15) is 5.75 Å². The van der Waals surface area contributed by atoms with Crippen molar-refractivity contribution in [2.45, 2.75) is 25.9 Å². The van der Waals surface area contributed by atoms with E-state index in [0.29, 0.717) is 25.3 Å². The molecule has 1 aromatic rings. The highest BCUT2D eigenvalue weighted by Gasteiger charge is 2.25. The van der Waals surface area contributed by atoms with E-state index in [1.54, 1.807) is 17.0 Å². The quantitative estimate of drug-likeness (QED) is 0.856. The zero-order chi connectivity index (χ0) is 14.5. The Labute approximate surface area is 127 Å². The Balaban J connectivity index is 1.94. The number of amides is 1. The highest BCUT2D eigenvalue weighted by molar-refractivity contribution is 9.09. The van der Waals surface area contributed by atoms with Gasteiger partial charge in [0.05, 0.1) is 18.3 Å². The molecule has 0 aliphatic carbocycles. The Morgan fingerprint density at radius 2 is 2.15 bits per heavy atom. The fourth-order valence-corrected chi connectivity index (χ4v) is 2.62. The van der Waals surface area contributed by atoms with Gasteiger partial charge in [0, 0.05) is 18.4 Å². The Morgan fingerprint density at radius 1 is 1.45 bits per heavy atom. The van der Waals surface area contributed by atoms with Gasteiger partial charge in [0.2, 0.25) is 0 Å². The number of nitrogens with zero attached hydrogens (tertiary/aromatic N) is 1. The summed E-state index contributed by atoms with van der Waals surface area (Å²) in [6.07, 6.45) is 1.94. The molecule has 110 valence electrons. The van der Waals surface area contributed by atoms with Crippen LogP contribution in [0.15, 0.2) is 18.2 Å². The summed E-state index contributed by atoms with van der Waals surface area (Å²) in [5, 5.41) is 10.7. The van der Waals surface area contributed by atoms with Crippen LogP contribution in [-0.2, 0) is 4.74 Å². The van der Waals surface area contributed by atoms with Crippen molar-refractivity contribution in [3.05, 3.63) is 29.3 Å². The molecule has 1 saturated heterocycles. The first-order chi connectivity index (χ1) is 9.61. The lowest BCUT2D eigenvalue weighted by atomic mass is 10.0. The normalized spacial score (nSPS) is 16.4. The maximum atomic E-state index is 12.4. The average molecular weight is 342 g/mol. The van der Waals surface area contributed by atoms with Gasteiger partial charge in [-0.1, -0.05) is 22.0 Å². The third kappa shape index (κ3) is 3.73. The molecule has 2 rings (SSSR count). The Kier molecular flexibility index (Phi) is 5.43. The maximum Gasteiger partial charge on any atom is 0.257 e. The van der Waals surface area contributed by atoms with Crippen LogP contribution in [-0.4, -0.2) is 47.0 Å². The molecule has 1 fully saturated rings. The second-order valence-electron chi connectivity index (χ2n) is 5.07. The minimum absolute atomic E-state index is 0.0627. The standard InChI is InChI=1S/C15H20BrNO3/c1-11-2-3-13(14(18)10-11)15(19)17-7-4-12(5-8-17)20-9-6-16/h2-3,10,12,18H,4-9H2,1H3. The van der Waals surface area contributed by atoms with Crippen molar-refractivity contribution in [2.24, 2.45) is 0 Å². The van der Waals surface area contributed by atoms with Gasteiger partial charge in [-0.3, -0.25) is 4.79 Å². The molecule has 5 heteroatoms. The zero-order valence-corrected chi connectivity index (χ0v) is 13.2.